The molecule has 5 nitrogen and oxygen atoms in total. The first-order chi connectivity index (χ1) is 12.3. The number of nitrogens with one attached hydrogen (secondary N) is 1. The van der Waals surface area contributed by atoms with Crippen LogP contribution in [0.1, 0.15) is 0 Å². The van der Waals surface area contributed by atoms with Crippen LogP contribution in [0.5, 0.6) is 17.2 Å². The molecule has 1 aliphatic rings. The molecule has 0 radical (unpaired) electrons. The number of hydrogen-bond donors (Lipinski definition) is 1. The van der Waals surface area contributed by atoms with E-state index in [1.165, 1.54) is 0 Å². The molecule has 0 bridgehead atoms. The number of rotatable bonds is 4. The average Bonchev–Trinajstić information content (AvgIpc) is 3.17. The smallest absolute Gasteiger partial charge is 0.142 e. The molecule has 0 unspecified atom stereocenters. The standard InChI is InChI=1S/C19H18N2O3S/c1-22-13-4-6-17(23-2)14(10-13)16-11-25-19(21-16)12-3-5-18-15(9-12)20-7-8-24-18/h3-6,9-11,20H,7-8H2,1-2H3. The van der Waals surface area contributed by atoms with Crippen molar-refractivity contribution < 1.29 is 14.2 Å². The van der Waals surface area contributed by atoms with Crippen LogP contribution >= 0.6 is 11.3 Å². The second-order valence-electron chi connectivity index (χ2n) is 5.59. The summed E-state index contributed by atoms with van der Waals surface area (Å²) in [5.41, 5.74) is 3.87. The Kier molecular flexibility index (Phi) is 4.19. The zero-order valence-electron chi connectivity index (χ0n) is 14.0. The van der Waals surface area contributed by atoms with Crippen LogP contribution in [0.15, 0.2) is 41.8 Å². The minimum Gasteiger partial charge on any atom is -0.497 e. The maximum atomic E-state index is 5.63. The van der Waals surface area contributed by atoms with E-state index in [4.69, 9.17) is 19.2 Å². The van der Waals surface area contributed by atoms with Crippen molar-refractivity contribution in [3.8, 4) is 39.1 Å². The lowest BCUT2D eigenvalue weighted by atomic mass is 10.1. The molecular formula is C19H18N2O3S. The van der Waals surface area contributed by atoms with Crippen molar-refractivity contribution in [2.24, 2.45) is 0 Å². The number of nitrogens with zero attached hydrogens (tertiary/aromatic N) is 1. The van der Waals surface area contributed by atoms with Gasteiger partial charge in [-0.25, -0.2) is 4.98 Å². The zero-order chi connectivity index (χ0) is 17.2. The van der Waals surface area contributed by atoms with Crippen LogP contribution in [0.25, 0.3) is 21.8 Å². The monoisotopic (exact) mass is 354 g/mol. The number of hydrogen-bond acceptors (Lipinski definition) is 6. The van der Waals surface area contributed by atoms with Crippen LogP contribution in [-0.2, 0) is 0 Å². The van der Waals surface area contributed by atoms with E-state index in [1.54, 1.807) is 25.6 Å². The van der Waals surface area contributed by atoms with E-state index in [0.29, 0.717) is 6.61 Å². The highest BCUT2D eigenvalue weighted by Crippen LogP contribution is 2.38. The van der Waals surface area contributed by atoms with Gasteiger partial charge in [-0.2, -0.15) is 0 Å². The van der Waals surface area contributed by atoms with Gasteiger partial charge in [0.15, 0.2) is 0 Å². The predicted molar refractivity (Wildman–Crippen MR) is 100 cm³/mol. The molecule has 1 N–H and O–H groups in total. The molecule has 0 fully saturated rings. The van der Waals surface area contributed by atoms with E-state index in [1.807, 2.05) is 35.7 Å². The van der Waals surface area contributed by atoms with Gasteiger partial charge in [0.05, 0.1) is 25.6 Å². The third-order valence-corrected chi connectivity index (χ3v) is 4.98. The number of fused-ring (bicyclic) bond motifs is 1. The zero-order valence-corrected chi connectivity index (χ0v) is 14.9. The number of methoxy groups -OCH3 is 2. The molecule has 3 aromatic rings. The fourth-order valence-electron chi connectivity index (χ4n) is 2.82. The van der Waals surface area contributed by atoms with E-state index >= 15 is 0 Å². The summed E-state index contributed by atoms with van der Waals surface area (Å²) in [6.45, 7) is 1.52. The van der Waals surface area contributed by atoms with Gasteiger partial charge in [-0.05, 0) is 36.4 Å². The lowest BCUT2D eigenvalue weighted by molar-refractivity contribution is 0.323. The molecular weight excluding hydrogens is 336 g/mol. The maximum absolute atomic E-state index is 5.63. The van der Waals surface area contributed by atoms with Crippen LogP contribution in [0.2, 0.25) is 0 Å². The summed E-state index contributed by atoms with van der Waals surface area (Å²) in [7, 11) is 3.31. The van der Waals surface area contributed by atoms with Crippen molar-refractivity contribution in [2.45, 2.75) is 0 Å². The Hall–Kier alpha value is -2.73. The van der Waals surface area contributed by atoms with Gasteiger partial charge >= 0.3 is 0 Å². The van der Waals surface area contributed by atoms with E-state index in [2.05, 4.69) is 11.4 Å². The molecule has 6 heteroatoms. The first kappa shape index (κ1) is 15.8. The maximum Gasteiger partial charge on any atom is 0.142 e. The highest BCUT2D eigenvalue weighted by atomic mass is 32.1. The summed E-state index contributed by atoms with van der Waals surface area (Å²) in [4.78, 5) is 4.80. The molecule has 1 aromatic heterocycles. The quantitative estimate of drug-likeness (QED) is 0.757. The molecule has 4 rings (SSSR count). The Morgan fingerprint density at radius 2 is 2.04 bits per heavy atom. The Morgan fingerprint density at radius 1 is 1.12 bits per heavy atom. The summed E-state index contributed by atoms with van der Waals surface area (Å²) in [6.07, 6.45) is 0. The van der Waals surface area contributed by atoms with Crippen molar-refractivity contribution in [1.29, 1.82) is 0 Å². The van der Waals surface area contributed by atoms with Gasteiger partial charge in [-0.3, -0.25) is 0 Å². The van der Waals surface area contributed by atoms with Crippen molar-refractivity contribution in [1.82, 2.24) is 4.98 Å². The van der Waals surface area contributed by atoms with Gasteiger partial charge in [-0.15, -0.1) is 11.3 Å². The Bertz CT molecular complexity index is 907. The van der Waals surface area contributed by atoms with Crippen molar-refractivity contribution in [2.75, 3.05) is 32.7 Å². The summed E-state index contributed by atoms with van der Waals surface area (Å²) in [5, 5.41) is 6.35. The molecule has 0 amide bonds. The summed E-state index contributed by atoms with van der Waals surface area (Å²) >= 11 is 1.60. The number of thiazole rings is 1. The largest absolute Gasteiger partial charge is 0.497 e. The van der Waals surface area contributed by atoms with Crippen molar-refractivity contribution in [3.63, 3.8) is 0 Å². The predicted octanol–water partition coefficient (Wildman–Crippen LogP) is 4.30. The number of ether oxygens (including phenoxy) is 3. The second-order valence-corrected chi connectivity index (χ2v) is 6.45. The van der Waals surface area contributed by atoms with Gasteiger partial charge in [0, 0.05) is 23.1 Å². The molecule has 0 saturated carbocycles. The van der Waals surface area contributed by atoms with E-state index in [-0.39, 0.29) is 0 Å². The minimum atomic E-state index is 0.698. The van der Waals surface area contributed by atoms with Crippen LogP contribution in [0.3, 0.4) is 0 Å². The van der Waals surface area contributed by atoms with E-state index in [0.717, 1.165) is 51.3 Å². The van der Waals surface area contributed by atoms with Crippen LogP contribution in [-0.4, -0.2) is 32.4 Å². The topological polar surface area (TPSA) is 52.6 Å². The minimum absolute atomic E-state index is 0.698. The van der Waals surface area contributed by atoms with Crippen molar-refractivity contribution >= 4 is 17.0 Å². The number of aromatic nitrogens is 1. The number of benzene rings is 2. The van der Waals surface area contributed by atoms with Gasteiger partial charge in [0.1, 0.15) is 28.9 Å². The first-order valence-corrected chi connectivity index (χ1v) is 8.85. The normalized spacial score (nSPS) is 12.7. The van der Waals surface area contributed by atoms with Crippen LogP contribution < -0.4 is 19.5 Å². The van der Waals surface area contributed by atoms with Gasteiger partial charge in [0.25, 0.3) is 0 Å². The Balaban J connectivity index is 1.71. The highest BCUT2D eigenvalue weighted by Gasteiger charge is 2.15. The second kappa shape index (κ2) is 6.64. The lowest BCUT2D eigenvalue weighted by Gasteiger charge is -2.19. The molecule has 0 aliphatic carbocycles. The molecule has 2 aromatic carbocycles. The fourth-order valence-corrected chi connectivity index (χ4v) is 3.64. The third-order valence-electron chi connectivity index (χ3n) is 4.09. The fraction of sp³-hybridized carbons (Fsp3) is 0.211. The molecule has 0 spiro atoms. The lowest BCUT2D eigenvalue weighted by Crippen LogP contribution is -2.17. The van der Waals surface area contributed by atoms with E-state index < -0.39 is 0 Å². The molecule has 128 valence electrons. The molecule has 2 heterocycles. The first-order valence-electron chi connectivity index (χ1n) is 7.97. The summed E-state index contributed by atoms with van der Waals surface area (Å²) in [6, 6.07) is 11.8. The molecule has 0 saturated heterocycles. The highest BCUT2D eigenvalue weighted by molar-refractivity contribution is 7.13. The Morgan fingerprint density at radius 3 is 2.88 bits per heavy atom. The Labute approximate surface area is 150 Å². The number of anilines is 1. The van der Waals surface area contributed by atoms with Crippen LogP contribution in [0.4, 0.5) is 5.69 Å². The molecule has 0 atom stereocenters. The van der Waals surface area contributed by atoms with Gasteiger partial charge in [0.2, 0.25) is 0 Å². The van der Waals surface area contributed by atoms with Crippen LogP contribution in [0, 0.1) is 0 Å². The summed E-state index contributed by atoms with van der Waals surface area (Å²) in [5.74, 6) is 2.44. The summed E-state index contributed by atoms with van der Waals surface area (Å²) < 4.78 is 16.4. The van der Waals surface area contributed by atoms with Gasteiger partial charge in [-0.1, -0.05) is 0 Å². The van der Waals surface area contributed by atoms with Gasteiger partial charge < -0.3 is 19.5 Å². The SMILES string of the molecule is COc1ccc(OC)c(-c2csc(-c3ccc4c(c3)NCCO4)n2)c1. The third kappa shape index (κ3) is 3.00. The average molecular weight is 354 g/mol. The molecule has 1 aliphatic heterocycles. The van der Waals surface area contributed by atoms with Crippen molar-refractivity contribution in [3.05, 3.63) is 41.8 Å². The van der Waals surface area contributed by atoms with E-state index in [9.17, 15) is 0 Å². The molecule has 25 heavy (non-hydrogen) atoms.